The van der Waals surface area contributed by atoms with Gasteiger partial charge >= 0.3 is 0 Å². The molecule has 0 spiro atoms. The Hall–Kier alpha value is -1.77. The molecule has 1 fully saturated rings. The molecule has 1 aliphatic rings. The third-order valence-corrected chi connectivity index (χ3v) is 3.81. The molecule has 1 aliphatic heterocycles. The summed E-state index contributed by atoms with van der Waals surface area (Å²) in [5, 5.41) is 7.06. The topological polar surface area (TPSA) is 31.9 Å². The van der Waals surface area contributed by atoms with E-state index in [-0.39, 0.29) is 0 Å². The minimum Gasteiger partial charge on any atom is -0.357 e. The van der Waals surface area contributed by atoms with E-state index in [4.69, 9.17) is 0 Å². The van der Waals surface area contributed by atoms with Crippen LogP contribution >= 0.6 is 0 Å². The van der Waals surface area contributed by atoms with Crippen LogP contribution in [0.2, 0.25) is 0 Å². The Morgan fingerprint density at radius 2 is 1.89 bits per heavy atom. The van der Waals surface area contributed by atoms with Crippen molar-refractivity contribution in [2.45, 2.75) is 19.3 Å². The number of hydrogen-bond donors (Lipinski definition) is 1. The third-order valence-electron chi connectivity index (χ3n) is 3.81. The van der Waals surface area contributed by atoms with Crippen LogP contribution in [0.5, 0.6) is 0 Å². The molecule has 3 nitrogen and oxygen atoms in total. The second kappa shape index (κ2) is 5.25. The second-order valence-corrected chi connectivity index (χ2v) is 5.06. The first-order valence-electron chi connectivity index (χ1n) is 6.70. The van der Waals surface area contributed by atoms with E-state index in [2.05, 4.69) is 51.5 Å². The first-order chi connectivity index (χ1) is 8.92. The molecular weight excluding hydrogens is 222 g/mol. The monoisotopic (exact) mass is 241 g/mol. The Morgan fingerprint density at radius 3 is 2.56 bits per heavy atom. The van der Waals surface area contributed by atoms with E-state index in [1.807, 2.05) is 6.20 Å². The van der Waals surface area contributed by atoms with Gasteiger partial charge in [-0.05, 0) is 30.7 Å². The van der Waals surface area contributed by atoms with Crippen molar-refractivity contribution in [3.05, 3.63) is 48.2 Å². The summed E-state index contributed by atoms with van der Waals surface area (Å²) in [6.07, 6.45) is 5.59. The zero-order chi connectivity index (χ0) is 12.2. The first kappa shape index (κ1) is 11.3. The second-order valence-electron chi connectivity index (χ2n) is 5.06. The van der Waals surface area contributed by atoms with E-state index >= 15 is 0 Å². The summed E-state index contributed by atoms with van der Waals surface area (Å²) in [5.74, 6) is 1.99. The van der Waals surface area contributed by atoms with Crippen molar-refractivity contribution >= 4 is 5.82 Å². The van der Waals surface area contributed by atoms with E-state index < -0.39 is 0 Å². The van der Waals surface area contributed by atoms with Crippen molar-refractivity contribution in [3.63, 3.8) is 0 Å². The number of benzene rings is 1. The standard InChI is InChI=1S/C15H19N3/c1-2-4-13(5-3-1)12-14-7-10-18(11-8-14)15-6-9-16-17-15/h1-6,9,14H,7-8,10-12H2,(H,16,17). The molecule has 94 valence electrons. The fourth-order valence-corrected chi connectivity index (χ4v) is 2.75. The van der Waals surface area contributed by atoms with E-state index in [1.54, 1.807) is 0 Å². The van der Waals surface area contributed by atoms with Gasteiger partial charge in [0.1, 0.15) is 5.82 Å². The molecule has 0 amide bonds. The molecule has 3 rings (SSSR count). The van der Waals surface area contributed by atoms with Gasteiger partial charge in [-0.15, -0.1) is 0 Å². The number of H-pyrrole nitrogens is 1. The molecule has 0 unspecified atom stereocenters. The number of aromatic nitrogens is 2. The number of anilines is 1. The van der Waals surface area contributed by atoms with Gasteiger partial charge in [-0.2, -0.15) is 5.10 Å². The molecule has 0 saturated carbocycles. The Bertz CT molecular complexity index is 456. The summed E-state index contributed by atoms with van der Waals surface area (Å²) >= 11 is 0. The predicted molar refractivity (Wildman–Crippen MR) is 73.7 cm³/mol. The van der Waals surface area contributed by atoms with Crippen LogP contribution in [0.15, 0.2) is 42.6 Å². The van der Waals surface area contributed by atoms with Crippen LogP contribution in [0, 0.1) is 5.92 Å². The highest BCUT2D eigenvalue weighted by Crippen LogP contribution is 2.24. The van der Waals surface area contributed by atoms with Crippen LogP contribution < -0.4 is 4.90 Å². The molecule has 2 heterocycles. The predicted octanol–water partition coefficient (Wildman–Crippen LogP) is 2.87. The molecule has 3 heteroatoms. The summed E-state index contributed by atoms with van der Waals surface area (Å²) in [4.78, 5) is 2.40. The minimum atomic E-state index is 0.826. The fourth-order valence-electron chi connectivity index (χ4n) is 2.75. The summed E-state index contributed by atoms with van der Waals surface area (Å²) in [6, 6.07) is 12.9. The van der Waals surface area contributed by atoms with Crippen LogP contribution in [0.25, 0.3) is 0 Å². The van der Waals surface area contributed by atoms with Gasteiger partial charge in [0.15, 0.2) is 0 Å². The van der Waals surface area contributed by atoms with E-state index in [1.165, 1.54) is 24.8 Å². The van der Waals surface area contributed by atoms with Gasteiger partial charge in [0.05, 0.1) is 6.20 Å². The fraction of sp³-hybridized carbons (Fsp3) is 0.400. The molecule has 0 atom stereocenters. The maximum atomic E-state index is 4.02. The maximum Gasteiger partial charge on any atom is 0.123 e. The molecule has 0 aliphatic carbocycles. The summed E-state index contributed by atoms with van der Waals surface area (Å²) in [6.45, 7) is 2.28. The zero-order valence-electron chi connectivity index (χ0n) is 10.5. The Labute approximate surface area is 108 Å². The Morgan fingerprint density at radius 1 is 1.11 bits per heavy atom. The van der Waals surface area contributed by atoms with Crippen LogP contribution in [0.4, 0.5) is 5.82 Å². The van der Waals surface area contributed by atoms with Gasteiger partial charge in [0, 0.05) is 19.2 Å². The first-order valence-corrected chi connectivity index (χ1v) is 6.70. The molecule has 1 aromatic carbocycles. The normalized spacial score (nSPS) is 17.0. The third kappa shape index (κ3) is 2.55. The van der Waals surface area contributed by atoms with Crippen LogP contribution in [-0.4, -0.2) is 23.3 Å². The van der Waals surface area contributed by atoms with Crippen molar-refractivity contribution in [2.24, 2.45) is 5.92 Å². The van der Waals surface area contributed by atoms with Crippen molar-refractivity contribution < 1.29 is 0 Å². The van der Waals surface area contributed by atoms with Gasteiger partial charge < -0.3 is 4.90 Å². The highest BCUT2D eigenvalue weighted by atomic mass is 15.3. The summed E-state index contributed by atoms with van der Waals surface area (Å²) in [7, 11) is 0. The number of nitrogens with zero attached hydrogens (tertiary/aromatic N) is 2. The van der Waals surface area contributed by atoms with Crippen LogP contribution in [0.3, 0.4) is 0 Å². The number of rotatable bonds is 3. The highest BCUT2D eigenvalue weighted by molar-refractivity contribution is 5.36. The molecule has 1 N–H and O–H groups in total. The quantitative estimate of drug-likeness (QED) is 0.896. The number of nitrogens with one attached hydrogen (secondary N) is 1. The van der Waals surface area contributed by atoms with E-state index in [0.717, 1.165) is 24.8 Å². The molecule has 0 radical (unpaired) electrons. The number of aromatic amines is 1. The lowest BCUT2D eigenvalue weighted by Gasteiger charge is -2.32. The number of piperidine rings is 1. The van der Waals surface area contributed by atoms with E-state index in [9.17, 15) is 0 Å². The van der Waals surface area contributed by atoms with Crippen LogP contribution in [0.1, 0.15) is 18.4 Å². The molecular formula is C15H19N3. The summed E-state index contributed by atoms with van der Waals surface area (Å²) < 4.78 is 0. The number of hydrogen-bond acceptors (Lipinski definition) is 2. The van der Waals surface area contributed by atoms with Crippen molar-refractivity contribution in [1.29, 1.82) is 0 Å². The minimum absolute atomic E-state index is 0.826. The lowest BCUT2D eigenvalue weighted by Crippen LogP contribution is -2.34. The largest absolute Gasteiger partial charge is 0.357 e. The van der Waals surface area contributed by atoms with Crippen molar-refractivity contribution in [3.8, 4) is 0 Å². The van der Waals surface area contributed by atoms with Crippen molar-refractivity contribution in [2.75, 3.05) is 18.0 Å². The SMILES string of the molecule is c1ccc(CC2CCN(c3ccn[nH]3)CC2)cc1. The van der Waals surface area contributed by atoms with E-state index in [0.29, 0.717) is 0 Å². The smallest absolute Gasteiger partial charge is 0.123 e. The van der Waals surface area contributed by atoms with Gasteiger partial charge in [-0.3, -0.25) is 5.10 Å². The van der Waals surface area contributed by atoms with Crippen molar-refractivity contribution in [1.82, 2.24) is 10.2 Å². The van der Waals surface area contributed by atoms with Gasteiger partial charge in [0.25, 0.3) is 0 Å². The molecule has 1 saturated heterocycles. The molecule has 1 aromatic heterocycles. The van der Waals surface area contributed by atoms with Crippen LogP contribution in [-0.2, 0) is 6.42 Å². The lowest BCUT2D eigenvalue weighted by molar-refractivity contribution is 0.402. The maximum absolute atomic E-state index is 4.02. The Balaban J connectivity index is 1.54. The highest BCUT2D eigenvalue weighted by Gasteiger charge is 2.20. The van der Waals surface area contributed by atoms with Gasteiger partial charge in [-0.1, -0.05) is 30.3 Å². The average molecular weight is 241 g/mol. The van der Waals surface area contributed by atoms with Gasteiger partial charge in [-0.25, -0.2) is 0 Å². The molecule has 18 heavy (non-hydrogen) atoms. The molecule has 0 bridgehead atoms. The van der Waals surface area contributed by atoms with Gasteiger partial charge in [0.2, 0.25) is 0 Å². The lowest BCUT2D eigenvalue weighted by atomic mass is 9.90. The zero-order valence-corrected chi connectivity index (χ0v) is 10.5. The Kier molecular flexibility index (Phi) is 3.31. The molecule has 2 aromatic rings. The average Bonchev–Trinajstić information content (AvgIpc) is 2.95. The summed E-state index contributed by atoms with van der Waals surface area (Å²) in [5.41, 5.74) is 1.47.